The van der Waals surface area contributed by atoms with Gasteiger partial charge in [-0.2, -0.15) is 0 Å². The van der Waals surface area contributed by atoms with Crippen LogP contribution in [0.2, 0.25) is 0 Å². The van der Waals surface area contributed by atoms with E-state index >= 15 is 0 Å². The molecule has 2 aromatic rings. The van der Waals surface area contributed by atoms with Crippen molar-refractivity contribution in [1.29, 1.82) is 0 Å². The smallest absolute Gasteiger partial charge is 0.131 e. The van der Waals surface area contributed by atoms with Crippen molar-refractivity contribution in [2.24, 2.45) is 4.99 Å². The van der Waals surface area contributed by atoms with Gasteiger partial charge in [-0.05, 0) is 55.9 Å². The Balaban J connectivity index is 1.92. The number of hydrogen-bond acceptors (Lipinski definition) is 2. The van der Waals surface area contributed by atoms with Gasteiger partial charge in [0.2, 0.25) is 0 Å². The van der Waals surface area contributed by atoms with Crippen LogP contribution in [0.25, 0.3) is 0 Å². The molecule has 0 aromatic heterocycles. The summed E-state index contributed by atoms with van der Waals surface area (Å²) < 4.78 is 6.28. The molecule has 0 spiro atoms. The molecule has 1 fully saturated rings. The minimum Gasteiger partial charge on any atom is -0.490 e. The molecule has 0 heterocycles. The highest BCUT2D eigenvalue weighted by Gasteiger charge is 2.24. The molecule has 0 N–H and O–H groups in total. The Morgan fingerprint density at radius 2 is 1.91 bits per heavy atom. The molecule has 1 unspecified atom stereocenters. The van der Waals surface area contributed by atoms with E-state index in [4.69, 9.17) is 4.74 Å². The molecular formula is C21H25NO. The molecule has 1 aliphatic rings. The van der Waals surface area contributed by atoms with Crippen molar-refractivity contribution in [3.63, 3.8) is 0 Å². The Bertz CT molecular complexity index is 659. The van der Waals surface area contributed by atoms with Crippen molar-refractivity contribution in [3.8, 4) is 5.75 Å². The van der Waals surface area contributed by atoms with E-state index in [0.29, 0.717) is 5.92 Å². The number of para-hydroxylation sites is 2. The van der Waals surface area contributed by atoms with Crippen LogP contribution in [0.1, 0.15) is 56.6 Å². The average molecular weight is 307 g/mol. The van der Waals surface area contributed by atoms with E-state index < -0.39 is 0 Å². The van der Waals surface area contributed by atoms with Crippen LogP contribution >= 0.6 is 0 Å². The third-order valence-corrected chi connectivity index (χ3v) is 4.62. The Kier molecular flexibility index (Phi) is 5.12. The first-order valence-electron chi connectivity index (χ1n) is 8.66. The number of rotatable bonds is 6. The molecule has 120 valence electrons. The second-order valence-corrected chi connectivity index (χ2v) is 6.32. The van der Waals surface area contributed by atoms with Crippen LogP contribution in [0.4, 0.5) is 5.69 Å². The summed E-state index contributed by atoms with van der Waals surface area (Å²) >= 11 is 0. The van der Waals surface area contributed by atoms with Crippen LogP contribution in [0.3, 0.4) is 0 Å². The maximum Gasteiger partial charge on any atom is 0.131 e. The fourth-order valence-corrected chi connectivity index (χ4v) is 2.79. The number of nitrogens with zero attached hydrogens (tertiary/aromatic N) is 1. The average Bonchev–Trinajstić information content (AvgIpc) is 2.54. The Hall–Kier alpha value is -2.09. The summed E-state index contributed by atoms with van der Waals surface area (Å²) in [5.74, 6) is 1.69. The SMILES string of the molecule is CCC(C)Oc1c(C=Nc2ccccc2)cccc1C1CCC1. The lowest BCUT2D eigenvalue weighted by molar-refractivity contribution is 0.211. The van der Waals surface area contributed by atoms with Crippen LogP contribution in [0, 0.1) is 0 Å². The normalized spacial score (nSPS) is 16.3. The van der Waals surface area contributed by atoms with Crippen LogP contribution in [0.15, 0.2) is 53.5 Å². The predicted octanol–water partition coefficient (Wildman–Crippen LogP) is 5.88. The summed E-state index contributed by atoms with van der Waals surface area (Å²) in [7, 11) is 0. The van der Waals surface area contributed by atoms with E-state index in [1.54, 1.807) is 0 Å². The molecule has 1 aliphatic carbocycles. The van der Waals surface area contributed by atoms with Crippen LogP contribution < -0.4 is 4.74 Å². The standard InChI is InChI=1S/C21H25NO/c1-3-16(2)23-21-18(15-22-19-12-5-4-6-13-19)11-8-14-20(21)17-9-7-10-17/h4-6,8,11-17H,3,7,9-10H2,1-2H3. The zero-order valence-electron chi connectivity index (χ0n) is 14.0. The van der Waals surface area contributed by atoms with Crippen molar-refractivity contribution < 1.29 is 4.74 Å². The van der Waals surface area contributed by atoms with E-state index in [1.165, 1.54) is 24.8 Å². The molecule has 23 heavy (non-hydrogen) atoms. The fourth-order valence-electron chi connectivity index (χ4n) is 2.79. The van der Waals surface area contributed by atoms with Crippen molar-refractivity contribution in [2.45, 2.75) is 51.6 Å². The van der Waals surface area contributed by atoms with Gasteiger partial charge in [0.05, 0.1) is 11.8 Å². The zero-order chi connectivity index (χ0) is 16.1. The third-order valence-electron chi connectivity index (χ3n) is 4.62. The predicted molar refractivity (Wildman–Crippen MR) is 97.1 cm³/mol. The second kappa shape index (κ2) is 7.45. The van der Waals surface area contributed by atoms with Gasteiger partial charge >= 0.3 is 0 Å². The quantitative estimate of drug-likeness (QED) is 0.610. The first kappa shape index (κ1) is 15.8. The van der Waals surface area contributed by atoms with E-state index in [2.05, 4.69) is 37.0 Å². The minimum absolute atomic E-state index is 0.222. The summed E-state index contributed by atoms with van der Waals surface area (Å²) in [6.45, 7) is 4.30. The topological polar surface area (TPSA) is 21.6 Å². The lowest BCUT2D eigenvalue weighted by Crippen LogP contribution is -2.16. The van der Waals surface area contributed by atoms with Crippen LogP contribution in [-0.4, -0.2) is 12.3 Å². The largest absolute Gasteiger partial charge is 0.490 e. The van der Waals surface area contributed by atoms with Gasteiger partial charge in [-0.3, -0.25) is 4.99 Å². The number of benzene rings is 2. The van der Waals surface area contributed by atoms with Gasteiger partial charge in [0.25, 0.3) is 0 Å². The fraction of sp³-hybridized carbons (Fsp3) is 0.381. The highest BCUT2D eigenvalue weighted by molar-refractivity contribution is 5.86. The molecule has 0 radical (unpaired) electrons. The van der Waals surface area contributed by atoms with Gasteiger partial charge in [-0.15, -0.1) is 0 Å². The van der Waals surface area contributed by atoms with Gasteiger partial charge in [0.1, 0.15) is 5.75 Å². The molecule has 1 atom stereocenters. The first-order valence-corrected chi connectivity index (χ1v) is 8.66. The summed E-state index contributed by atoms with van der Waals surface area (Å²) in [5.41, 5.74) is 3.41. The highest BCUT2D eigenvalue weighted by Crippen LogP contribution is 2.42. The maximum atomic E-state index is 6.28. The monoisotopic (exact) mass is 307 g/mol. The molecule has 3 rings (SSSR count). The van der Waals surface area contributed by atoms with Crippen LogP contribution in [-0.2, 0) is 0 Å². The summed E-state index contributed by atoms with van der Waals surface area (Å²) in [6.07, 6.45) is 7.05. The van der Waals surface area contributed by atoms with E-state index in [0.717, 1.165) is 23.4 Å². The first-order chi connectivity index (χ1) is 11.3. The second-order valence-electron chi connectivity index (χ2n) is 6.32. The van der Waals surface area contributed by atoms with Crippen molar-refractivity contribution in [2.75, 3.05) is 0 Å². The van der Waals surface area contributed by atoms with Crippen molar-refractivity contribution >= 4 is 11.9 Å². The maximum absolute atomic E-state index is 6.28. The Morgan fingerprint density at radius 1 is 1.13 bits per heavy atom. The molecule has 2 heteroatoms. The summed E-state index contributed by atoms with van der Waals surface area (Å²) in [6, 6.07) is 16.5. The van der Waals surface area contributed by atoms with Gasteiger partial charge in [-0.25, -0.2) is 0 Å². The van der Waals surface area contributed by atoms with E-state index in [1.807, 2.05) is 36.5 Å². The van der Waals surface area contributed by atoms with E-state index in [-0.39, 0.29) is 6.10 Å². The molecule has 0 saturated heterocycles. The lowest BCUT2D eigenvalue weighted by atomic mass is 9.79. The Morgan fingerprint density at radius 3 is 2.57 bits per heavy atom. The Labute approximate surface area is 139 Å². The van der Waals surface area contributed by atoms with Crippen LogP contribution in [0.5, 0.6) is 5.75 Å². The van der Waals surface area contributed by atoms with Crippen molar-refractivity contribution in [3.05, 3.63) is 59.7 Å². The highest BCUT2D eigenvalue weighted by atomic mass is 16.5. The number of hydrogen-bond donors (Lipinski definition) is 0. The van der Waals surface area contributed by atoms with Crippen molar-refractivity contribution in [1.82, 2.24) is 0 Å². The number of ether oxygens (including phenoxy) is 1. The minimum atomic E-state index is 0.222. The molecule has 2 nitrogen and oxygen atoms in total. The van der Waals surface area contributed by atoms with Gasteiger partial charge in [0.15, 0.2) is 0 Å². The lowest BCUT2D eigenvalue weighted by Gasteiger charge is -2.29. The van der Waals surface area contributed by atoms with Gasteiger partial charge in [-0.1, -0.05) is 43.7 Å². The van der Waals surface area contributed by atoms with E-state index in [9.17, 15) is 0 Å². The molecule has 0 bridgehead atoms. The summed E-state index contributed by atoms with van der Waals surface area (Å²) in [5, 5.41) is 0. The molecule has 0 aliphatic heterocycles. The molecular weight excluding hydrogens is 282 g/mol. The zero-order valence-corrected chi connectivity index (χ0v) is 14.0. The van der Waals surface area contributed by atoms with Gasteiger partial charge < -0.3 is 4.74 Å². The molecule has 0 amide bonds. The third kappa shape index (κ3) is 3.82. The number of aliphatic imine (C=N–C) groups is 1. The molecule has 2 aromatic carbocycles. The van der Waals surface area contributed by atoms with Gasteiger partial charge in [0, 0.05) is 11.8 Å². The summed E-state index contributed by atoms with van der Waals surface area (Å²) in [4.78, 5) is 4.61. The molecule has 1 saturated carbocycles.